The van der Waals surface area contributed by atoms with Crippen molar-refractivity contribution in [2.24, 2.45) is 0 Å². The Labute approximate surface area is 123 Å². The first-order valence-electron chi connectivity index (χ1n) is 6.67. The molecular weight excluding hydrogens is 264 g/mol. The van der Waals surface area contributed by atoms with Crippen LogP contribution in [0, 0.1) is 11.8 Å². The van der Waals surface area contributed by atoms with Crippen LogP contribution < -0.4 is 0 Å². The molecule has 2 aromatic carbocycles. The van der Waals surface area contributed by atoms with Gasteiger partial charge in [0.05, 0.1) is 5.56 Å². The summed E-state index contributed by atoms with van der Waals surface area (Å²) < 4.78 is 0. The first-order valence-corrected chi connectivity index (χ1v) is 6.67. The molecule has 0 spiro atoms. The van der Waals surface area contributed by atoms with Crippen LogP contribution in [0.5, 0.6) is 11.5 Å². The fourth-order valence-corrected chi connectivity index (χ4v) is 1.93. The molecule has 0 heterocycles. The normalized spacial score (nSPS) is 9.76. The average molecular weight is 280 g/mol. The maximum absolute atomic E-state index is 11.3. The lowest BCUT2D eigenvalue weighted by Crippen LogP contribution is -1.92. The third-order valence-corrected chi connectivity index (χ3v) is 3.14. The molecule has 0 bridgehead atoms. The maximum Gasteiger partial charge on any atom is 0.159 e. The van der Waals surface area contributed by atoms with Gasteiger partial charge < -0.3 is 10.2 Å². The monoisotopic (exact) mass is 280 g/mol. The van der Waals surface area contributed by atoms with E-state index >= 15 is 0 Å². The lowest BCUT2D eigenvalue weighted by atomic mass is 10.1. The smallest absolute Gasteiger partial charge is 0.159 e. The predicted octanol–water partition coefficient (Wildman–Crippen LogP) is 3.28. The van der Waals surface area contributed by atoms with E-state index in [4.69, 9.17) is 0 Å². The highest BCUT2D eigenvalue weighted by molar-refractivity contribution is 5.94. The third-order valence-electron chi connectivity index (χ3n) is 3.14. The summed E-state index contributed by atoms with van der Waals surface area (Å²) in [4.78, 5) is 11.3. The highest BCUT2D eigenvalue weighted by Gasteiger charge is 2.03. The number of para-hydroxylation sites is 1. The first-order chi connectivity index (χ1) is 10.1. The molecule has 0 saturated carbocycles. The minimum absolute atomic E-state index is 0.0627. The molecule has 0 unspecified atom stereocenters. The molecule has 3 heteroatoms. The summed E-state index contributed by atoms with van der Waals surface area (Å²) in [6.45, 7) is 1.47. The molecule has 2 rings (SSSR count). The number of carbonyl (C=O) groups excluding carboxylic acids is 1. The van der Waals surface area contributed by atoms with Gasteiger partial charge in [0.25, 0.3) is 0 Å². The van der Waals surface area contributed by atoms with Gasteiger partial charge in [-0.2, -0.15) is 0 Å². The van der Waals surface area contributed by atoms with Crippen LogP contribution in [0.1, 0.15) is 34.8 Å². The second kappa shape index (κ2) is 6.62. The van der Waals surface area contributed by atoms with E-state index in [1.165, 1.54) is 13.0 Å². The fraction of sp³-hybridized carbons (Fsp3) is 0.167. The summed E-state index contributed by atoms with van der Waals surface area (Å²) in [5.41, 5.74) is 1.81. The quantitative estimate of drug-likeness (QED) is 0.670. The molecular formula is C18H16O3. The van der Waals surface area contributed by atoms with Crippen LogP contribution in [-0.2, 0) is 6.42 Å². The van der Waals surface area contributed by atoms with Crippen molar-refractivity contribution in [1.82, 2.24) is 0 Å². The lowest BCUT2D eigenvalue weighted by Gasteiger charge is -2.01. The number of hydrogen-bond donors (Lipinski definition) is 2. The van der Waals surface area contributed by atoms with Crippen molar-refractivity contribution in [2.75, 3.05) is 0 Å². The molecule has 0 fully saturated rings. The molecule has 21 heavy (non-hydrogen) atoms. The second-order valence-electron chi connectivity index (χ2n) is 4.72. The first kappa shape index (κ1) is 14.7. The van der Waals surface area contributed by atoms with Crippen molar-refractivity contribution < 1.29 is 15.0 Å². The maximum atomic E-state index is 11.3. The lowest BCUT2D eigenvalue weighted by molar-refractivity contribution is 0.101. The van der Waals surface area contributed by atoms with Gasteiger partial charge in [-0.25, -0.2) is 0 Å². The number of carbonyl (C=O) groups is 1. The summed E-state index contributed by atoms with van der Waals surface area (Å²) in [6, 6.07) is 11.8. The van der Waals surface area contributed by atoms with Gasteiger partial charge in [-0.05, 0) is 43.2 Å². The van der Waals surface area contributed by atoms with E-state index in [1.807, 2.05) is 12.1 Å². The number of ketones is 1. The van der Waals surface area contributed by atoms with Gasteiger partial charge in [0, 0.05) is 12.0 Å². The van der Waals surface area contributed by atoms with Gasteiger partial charge >= 0.3 is 0 Å². The van der Waals surface area contributed by atoms with Crippen molar-refractivity contribution >= 4 is 5.78 Å². The van der Waals surface area contributed by atoms with Crippen LogP contribution in [0.25, 0.3) is 0 Å². The minimum atomic E-state index is -0.0627. The molecule has 3 nitrogen and oxygen atoms in total. The fourth-order valence-electron chi connectivity index (χ4n) is 1.93. The van der Waals surface area contributed by atoms with Crippen LogP contribution in [0.3, 0.4) is 0 Å². The van der Waals surface area contributed by atoms with Crippen LogP contribution in [0.2, 0.25) is 0 Å². The summed E-state index contributed by atoms with van der Waals surface area (Å²) >= 11 is 0. The van der Waals surface area contributed by atoms with Crippen molar-refractivity contribution in [3.05, 3.63) is 59.2 Å². The Morgan fingerprint density at radius 3 is 2.57 bits per heavy atom. The zero-order chi connectivity index (χ0) is 15.2. The molecule has 0 aliphatic carbocycles. The number of Topliss-reactive ketones (excluding diaryl/α,β-unsaturated/α-hetero) is 1. The molecule has 106 valence electrons. The predicted molar refractivity (Wildman–Crippen MR) is 81.4 cm³/mol. The molecule has 2 aromatic rings. The number of rotatable bonds is 3. The summed E-state index contributed by atoms with van der Waals surface area (Å²) in [5, 5.41) is 19.4. The van der Waals surface area contributed by atoms with E-state index in [2.05, 4.69) is 11.8 Å². The summed E-state index contributed by atoms with van der Waals surface area (Å²) in [5.74, 6) is 6.08. The van der Waals surface area contributed by atoms with Gasteiger partial charge in [-0.3, -0.25) is 4.79 Å². The Hall–Kier alpha value is -2.73. The number of phenols is 2. The SMILES string of the molecule is CC(=O)c1ccc(O)c(C#CCCc2ccccc2O)c1. The van der Waals surface area contributed by atoms with Crippen LogP contribution in [0.4, 0.5) is 0 Å². The van der Waals surface area contributed by atoms with Crippen LogP contribution >= 0.6 is 0 Å². The molecule has 0 aliphatic rings. The largest absolute Gasteiger partial charge is 0.508 e. The van der Waals surface area contributed by atoms with Gasteiger partial charge in [0.2, 0.25) is 0 Å². The Morgan fingerprint density at radius 1 is 1.10 bits per heavy atom. The van der Waals surface area contributed by atoms with E-state index < -0.39 is 0 Å². The zero-order valence-electron chi connectivity index (χ0n) is 11.8. The third kappa shape index (κ3) is 3.87. The Kier molecular flexibility index (Phi) is 4.63. The highest BCUT2D eigenvalue weighted by atomic mass is 16.3. The van der Waals surface area contributed by atoms with Crippen LogP contribution in [0.15, 0.2) is 42.5 Å². The van der Waals surface area contributed by atoms with Crippen molar-refractivity contribution in [3.8, 4) is 23.3 Å². The molecule has 0 atom stereocenters. The van der Waals surface area contributed by atoms with E-state index in [0.717, 1.165) is 5.56 Å². The Balaban J connectivity index is 2.08. The van der Waals surface area contributed by atoms with Gasteiger partial charge in [-0.15, -0.1) is 0 Å². The molecule has 0 amide bonds. The van der Waals surface area contributed by atoms with E-state index in [1.54, 1.807) is 24.3 Å². The zero-order valence-corrected chi connectivity index (χ0v) is 11.8. The van der Waals surface area contributed by atoms with Crippen molar-refractivity contribution in [1.29, 1.82) is 0 Å². The Bertz CT molecular complexity index is 721. The number of hydrogen-bond acceptors (Lipinski definition) is 3. The molecule has 0 radical (unpaired) electrons. The average Bonchev–Trinajstić information content (AvgIpc) is 2.46. The standard InChI is InChI=1S/C18H16O3/c1-13(19)15-10-11-18(21)16(12-15)8-3-2-6-14-7-4-5-9-17(14)20/h4-5,7,9-12,20-21H,2,6H2,1H3. The second-order valence-corrected chi connectivity index (χ2v) is 4.72. The minimum Gasteiger partial charge on any atom is -0.508 e. The van der Waals surface area contributed by atoms with Crippen LogP contribution in [-0.4, -0.2) is 16.0 Å². The van der Waals surface area contributed by atoms with Gasteiger partial charge in [0.1, 0.15) is 11.5 Å². The molecule has 2 N–H and O–H groups in total. The molecule has 0 aromatic heterocycles. The van der Waals surface area contributed by atoms with E-state index in [-0.39, 0.29) is 17.3 Å². The van der Waals surface area contributed by atoms with Crippen molar-refractivity contribution in [3.63, 3.8) is 0 Å². The number of benzene rings is 2. The Morgan fingerprint density at radius 2 is 1.86 bits per heavy atom. The van der Waals surface area contributed by atoms with E-state index in [0.29, 0.717) is 24.0 Å². The van der Waals surface area contributed by atoms with Gasteiger partial charge in [-0.1, -0.05) is 30.0 Å². The summed E-state index contributed by atoms with van der Waals surface area (Å²) in [6.07, 6.45) is 1.19. The molecule has 0 aliphatic heterocycles. The summed E-state index contributed by atoms with van der Waals surface area (Å²) in [7, 11) is 0. The van der Waals surface area contributed by atoms with Crippen molar-refractivity contribution in [2.45, 2.75) is 19.8 Å². The highest BCUT2D eigenvalue weighted by Crippen LogP contribution is 2.19. The van der Waals surface area contributed by atoms with Gasteiger partial charge in [0.15, 0.2) is 5.78 Å². The number of aryl methyl sites for hydroxylation is 1. The molecule has 0 saturated heterocycles. The number of aromatic hydroxyl groups is 2. The number of phenolic OH excluding ortho intramolecular Hbond substituents is 2. The topological polar surface area (TPSA) is 57.5 Å². The van der Waals surface area contributed by atoms with E-state index in [9.17, 15) is 15.0 Å².